The molecule has 0 saturated carbocycles. The van der Waals surface area contributed by atoms with E-state index in [0.29, 0.717) is 11.1 Å². The summed E-state index contributed by atoms with van der Waals surface area (Å²) in [5, 5.41) is 0. The number of benzene rings is 2. The smallest absolute Gasteiger partial charge is 0.337 e. The van der Waals surface area contributed by atoms with Gasteiger partial charge >= 0.3 is 5.97 Å². The van der Waals surface area contributed by atoms with Crippen molar-refractivity contribution >= 4 is 16.0 Å². The van der Waals surface area contributed by atoms with Gasteiger partial charge in [-0.2, -0.15) is 0 Å². The first-order valence-electron chi connectivity index (χ1n) is 9.78. The minimum absolute atomic E-state index is 0.0900. The van der Waals surface area contributed by atoms with Crippen LogP contribution in [-0.4, -0.2) is 45.5 Å². The first kappa shape index (κ1) is 21.5. The standard InChI is InChI=1S/C22H28N2O4S/c1-16-6-4-5-7-19(16)15-24-12-10-20(11-13-24)23-29(26,27)21-9-8-18(14-17(21)2)22(25)28-3/h4-9,14,20,23H,10-13,15H2,1-3H3. The Balaban J connectivity index is 1.61. The number of piperidine rings is 1. The van der Waals surface area contributed by atoms with E-state index in [4.69, 9.17) is 0 Å². The molecule has 1 fully saturated rings. The van der Waals surface area contributed by atoms with Crippen molar-refractivity contribution in [1.29, 1.82) is 0 Å². The molecular formula is C22H28N2O4S. The van der Waals surface area contributed by atoms with Gasteiger partial charge in [0.1, 0.15) is 0 Å². The average Bonchev–Trinajstić information content (AvgIpc) is 2.70. The van der Waals surface area contributed by atoms with Crippen molar-refractivity contribution in [3.05, 3.63) is 64.7 Å². The summed E-state index contributed by atoms with van der Waals surface area (Å²) >= 11 is 0. The molecule has 1 saturated heterocycles. The van der Waals surface area contributed by atoms with Gasteiger partial charge in [-0.25, -0.2) is 17.9 Å². The normalized spacial score (nSPS) is 16.0. The van der Waals surface area contributed by atoms with Crippen LogP contribution in [0.15, 0.2) is 47.4 Å². The molecule has 0 unspecified atom stereocenters. The minimum Gasteiger partial charge on any atom is -0.465 e. The summed E-state index contributed by atoms with van der Waals surface area (Å²) < 4.78 is 33.2. The number of methoxy groups -OCH3 is 1. The molecule has 29 heavy (non-hydrogen) atoms. The molecule has 0 aliphatic carbocycles. The van der Waals surface area contributed by atoms with Crippen LogP contribution in [0.5, 0.6) is 0 Å². The number of carbonyl (C=O) groups is 1. The molecule has 0 bridgehead atoms. The van der Waals surface area contributed by atoms with Crippen LogP contribution in [-0.2, 0) is 21.3 Å². The molecule has 3 rings (SSSR count). The second kappa shape index (κ2) is 9.07. The molecule has 1 heterocycles. The maximum Gasteiger partial charge on any atom is 0.337 e. The highest BCUT2D eigenvalue weighted by atomic mass is 32.2. The Hall–Kier alpha value is -2.22. The Bertz CT molecular complexity index is 980. The molecule has 7 heteroatoms. The first-order valence-corrected chi connectivity index (χ1v) is 11.3. The van der Waals surface area contributed by atoms with E-state index in [-0.39, 0.29) is 10.9 Å². The topological polar surface area (TPSA) is 75.7 Å². The zero-order valence-corrected chi connectivity index (χ0v) is 18.0. The van der Waals surface area contributed by atoms with Gasteiger partial charge in [0.25, 0.3) is 0 Å². The number of nitrogens with one attached hydrogen (secondary N) is 1. The number of rotatable bonds is 6. The van der Waals surface area contributed by atoms with Crippen LogP contribution in [0.1, 0.15) is 39.9 Å². The van der Waals surface area contributed by atoms with E-state index in [1.165, 1.54) is 30.4 Å². The number of esters is 1. The fourth-order valence-corrected chi connectivity index (χ4v) is 5.25. The van der Waals surface area contributed by atoms with E-state index in [1.54, 1.807) is 13.0 Å². The fourth-order valence-electron chi connectivity index (χ4n) is 3.72. The summed E-state index contributed by atoms with van der Waals surface area (Å²) in [6, 6.07) is 12.8. The SMILES string of the molecule is COC(=O)c1ccc(S(=O)(=O)NC2CCN(Cc3ccccc3C)CC2)c(C)c1. The van der Waals surface area contributed by atoms with Crippen LogP contribution in [0, 0.1) is 13.8 Å². The molecular weight excluding hydrogens is 388 g/mol. The number of nitrogens with zero attached hydrogens (tertiary/aromatic N) is 1. The Morgan fingerprint density at radius 2 is 1.79 bits per heavy atom. The van der Waals surface area contributed by atoms with Crippen molar-refractivity contribution in [2.24, 2.45) is 0 Å². The van der Waals surface area contributed by atoms with Gasteiger partial charge in [0.2, 0.25) is 10.0 Å². The number of carbonyl (C=O) groups excluding carboxylic acids is 1. The lowest BCUT2D eigenvalue weighted by molar-refractivity contribution is 0.0600. The van der Waals surface area contributed by atoms with Crippen molar-refractivity contribution in [1.82, 2.24) is 9.62 Å². The van der Waals surface area contributed by atoms with E-state index in [0.717, 1.165) is 32.5 Å². The number of likely N-dealkylation sites (tertiary alicyclic amines) is 1. The molecule has 0 radical (unpaired) electrons. The number of aryl methyl sites for hydroxylation is 2. The highest BCUT2D eigenvalue weighted by molar-refractivity contribution is 7.89. The highest BCUT2D eigenvalue weighted by Crippen LogP contribution is 2.21. The van der Waals surface area contributed by atoms with Crippen molar-refractivity contribution in [3.8, 4) is 0 Å². The number of ether oxygens (including phenoxy) is 1. The number of sulfonamides is 1. The second-order valence-corrected chi connectivity index (χ2v) is 9.25. The molecule has 6 nitrogen and oxygen atoms in total. The highest BCUT2D eigenvalue weighted by Gasteiger charge is 2.26. The lowest BCUT2D eigenvalue weighted by atomic mass is 10.0. The van der Waals surface area contributed by atoms with Crippen LogP contribution >= 0.6 is 0 Å². The van der Waals surface area contributed by atoms with E-state index in [1.807, 2.05) is 6.07 Å². The van der Waals surface area contributed by atoms with Crippen LogP contribution in [0.3, 0.4) is 0 Å². The van der Waals surface area contributed by atoms with Crippen molar-refractivity contribution in [2.75, 3.05) is 20.2 Å². The van der Waals surface area contributed by atoms with Crippen molar-refractivity contribution in [2.45, 2.75) is 44.2 Å². The maximum absolute atomic E-state index is 12.8. The number of hydrogen-bond donors (Lipinski definition) is 1. The second-order valence-electron chi connectivity index (χ2n) is 7.57. The Morgan fingerprint density at radius 1 is 1.10 bits per heavy atom. The van der Waals surface area contributed by atoms with Gasteiger partial charge in [-0.05, 0) is 61.6 Å². The molecule has 156 valence electrons. The molecule has 0 atom stereocenters. The Labute approximate surface area is 172 Å². The summed E-state index contributed by atoms with van der Waals surface area (Å²) in [6.07, 6.45) is 1.54. The molecule has 2 aromatic carbocycles. The van der Waals surface area contributed by atoms with E-state index >= 15 is 0 Å². The fraction of sp³-hybridized carbons (Fsp3) is 0.409. The Kier molecular flexibility index (Phi) is 6.72. The van der Waals surface area contributed by atoms with Gasteiger partial charge in [-0.15, -0.1) is 0 Å². The lowest BCUT2D eigenvalue weighted by Gasteiger charge is -2.32. The van der Waals surface area contributed by atoms with Crippen molar-refractivity contribution < 1.29 is 17.9 Å². The van der Waals surface area contributed by atoms with Gasteiger partial charge in [-0.1, -0.05) is 24.3 Å². The predicted octanol–water partition coefficient (Wildman–Crippen LogP) is 3.03. The van der Waals surface area contributed by atoms with Crippen LogP contribution in [0.25, 0.3) is 0 Å². The van der Waals surface area contributed by atoms with Gasteiger partial charge < -0.3 is 4.74 Å². The molecule has 1 aliphatic heterocycles. The molecule has 0 amide bonds. The molecule has 2 aromatic rings. The van der Waals surface area contributed by atoms with Gasteiger partial charge in [0, 0.05) is 25.7 Å². The zero-order valence-electron chi connectivity index (χ0n) is 17.1. The third kappa shape index (κ3) is 5.23. The minimum atomic E-state index is -3.64. The third-order valence-corrected chi connectivity index (χ3v) is 7.13. The zero-order chi connectivity index (χ0) is 21.0. The van der Waals surface area contributed by atoms with Crippen LogP contribution in [0.4, 0.5) is 0 Å². The molecule has 1 aliphatic rings. The molecule has 0 spiro atoms. The lowest BCUT2D eigenvalue weighted by Crippen LogP contribution is -2.44. The quantitative estimate of drug-likeness (QED) is 0.733. The van der Waals surface area contributed by atoms with Crippen LogP contribution in [0.2, 0.25) is 0 Å². The van der Waals surface area contributed by atoms with Crippen molar-refractivity contribution in [3.63, 3.8) is 0 Å². The monoisotopic (exact) mass is 416 g/mol. The summed E-state index contributed by atoms with van der Waals surface area (Å²) in [5.41, 5.74) is 3.46. The van der Waals surface area contributed by atoms with Gasteiger partial charge in [0.05, 0.1) is 17.6 Å². The van der Waals surface area contributed by atoms with E-state index < -0.39 is 16.0 Å². The number of hydrogen-bond acceptors (Lipinski definition) is 5. The van der Waals surface area contributed by atoms with Crippen LogP contribution < -0.4 is 4.72 Å². The maximum atomic E-state index is 12.8. The van der Waals surface area contributed by atoms with E-state index in [2.05, 4.69) is 39.5 Å². The first-order chi connectivity index (χ1) is 13.8. The third-order valence-electron chi connectivity index (χ3n) is 5.45. The molecule has 0 aromatic heterocycles. The predicted molar refractivity (Wildman–Crippen MR) is 112 cm³/mol. The summed E-state index contributed by atoms with van der Waals surface area (Å²) in [6.45, 7) is 6.39. The molecule has 1 N–H and O–H groups in total. The van der Waals surface area contributed by atoms with Gasteiger partial charge in [-0.3, -0.25) is 4.90 Å². The van der Waals surface area contributed by atoms with E-state index in [9.17, 15) is 13.2 Å². The van der Waals surface area contributed by atoms with Gasteiger partial charge in [0.15, 0.2) is 0 Å². The summed E-state index contributed by atoms with van der Waals surface area (Å²) in [4.78, 5) is 14.2. The largest absolute Gasteiger partial charge is 0.465 e. The Morgan fingerprint density at radius 3 is 2.41 bits per heavy atom. The summed E-state index contributed by atoms with van der Waals surface area (Å²) in [7, 11) is -2.34. The average molecular weight is 417 g/mol. The summed E-state index contributed by atoms with van der Waals surface area (Å²) in [5.74, 6) is -0.481.